The van der Waals surface area contributed by atoms with Crippen molar-refractivity contribution in [3.63, 3.8) is 0 Å². The third kappa shape index (κ3) is 64.7. The van der Waals surface area contributed by atoms with Crippen molar-refractivity contribution in [1.82, 2.24) is 0 Å². The van der Waals surface area contributed by atoms with E-state index in [0.29, 0.717) is 19.3 Å². The van der Waals surface area contributed by atoms with Gasteiger partial charge in [0, 0.05) is 19.3 Å². The van der Waals surface area contributed by atoms with Crippen LogP contribution in [0.5, 0.6) is 0 Å². The van der Waals surface area contributed by atoms with Crippen LogP contribution < -0.4 is 0 Å². The van der Waals surface area contributed by atoms with Crippen LogP contribution in [0.2, 0.25) is 0 Å². The van der Waals surface area contributed by atoms with Crippen molar-refractivity contribution in [2.75, 3.05) is 13.2 Å². The number of hydrogen-bond donors (Lipinski definition) is 0. The Bertz CT molecular complexity index is 1260. The van der Waals surface area contributed by atoms with Gasteiger partial charge in [-0.2, -0.15) is 0 Å². The average Bonchev–Trinajstić information content (AvgIpc) is 3.44. The summed E-state index contributed by atoms with van der Waals surface area (Å²) in [4.78, 5) is 38.2. The third-order valence-electron chi connectivity index (χ3n) is 16.2. The Morgan fingerprint density at radius 3 is 0.641 bits per heavy atom. The first-order chi connectivity index (χ1) is 38.5. The lowest BCUT2D eigenvalue weighted by Gasteiger charge is -2.18. The van der Waals surface area contributed by atoms with E-state index in [2.05, 4.69) is 45.1 Å². The normalized spacial score (nSPS) is 12.1. The Labute approximate surface area is 487 Å². The van der Waals surface area contributed by atoms with Crippen LogP contribution in [-0.4, -0.2) is 37.2 Å². The van der Waals surface area contributed by atoms with E-state index in [1.165, 1.54) is 302 Å². The first kappa shape index (κ1) is 75.9. The molecule has 0 saturated carbocycles. The second kappa shape index (κ2) is 67.4. The fraction of sp³-hybridized carbons (Fsp3) is 0.903. The molecule has 0 rings (SSSR count). The molecule has 0 aromatic carbocycles. The van der Waals surface area contributed by atoms with Crippen molar-refractivity contribution < 1.29 is 28.6 Å². The second-order valence-corrected chi connectivity index (χ2v) is 24.1. The Balaban J connectivity index is 4.06. The lowest BCUT2D eigenvalue weighted by Crippen LogP contribution is -2.30. The monoisotopic (exact) mass is 1100 g/mol. The number of esters is 3. The first-order valence-corrected chi connectivity index (χ1v) is 35.3. The van der Waals surface area contributed by atoms with Crippen LogP contribution in [0.15, 0.2) is 24.3 Å². The van der Waals surface area contributed by atoms with Crippen LogP contribution >= 0.6 is 0 Å². The summed E-state index contributed by atoms with van der Waals surface area (Å²) in [5, 5.41) is 0. The highest BCUT2D eigenvalue weighted by atomic mass is 16.6. The number of allylic oxidation sites excluding steroid dienone is 4. The molecule has 0 spiro atoms. The van der Waals surface area contributed by atoms with Crippen molar-refractivity contribution in [2.45, 2.75) is 406 Å². The van der Waals surface area contributed by atoms with Crippen molar-refractivity contribution >= 4 is 17.9 Å². The van der Waals surface area contributed by atoms with E-state index in [1.54, 1.807) is 0 Å². The molecule has 1 unspecified atom stereocenters. The van der Waals surface area contributed by atoms with Crippen LogP contribution in [-0.2, 0) is 28.6 Å². The molecule has 0 N–H and O–H groups in total. The average molecular weight is 1100 g/mol. The molecular weight excluding hydrogens is 961 g/mol. The Kier molecular flexibility index (Phi) is 65.6. The molecule has 6 heteroatoms. The minimum atomic E-state index is -0.767. The highest BCUT2D eigenvalue weighted by Crippen LogP contribution is 2.18. The molecule has 1 atom stereocenters. The molecule has 0 radical (unpaired) electrons. The molecule has 0 aromatic heterocycles. The Morgan fingerprint density at radius 1 is 0.244 bits per heavy atom. The topological polar surface area (TPSA) is 78.9 Å². The SMILES string of the molecule is CCCCCCCCCC/C=C\CCCCCCCCCCCCCCCCCC(=O)OCC(COC(=O)CCCCCCCCCC)OC(=O)CCCCCCCCCCCCCCC/C=C\CCCCCCCCCC. The predicted molar refractivity (Wildman–Crippen MR) is 340 cm³/mol. The summed E-state index contributed by atoms with van der Waals surface area (Å²) in [6.45, 7) is 6.68. The van der Waals surface area contributed by atoms with Gasteiger partial charge in [-0.3, -0.25) is 14.4 Å². The van der Waals surface area contributed by atoms with Crippen molar-refractivity contribution in [2.24, 2.45) is 0 Å². The van der Waals surface area contributed by atoms with Crippen LogP contribution in [0.4, 0.5) is 0 Å². The maximum atomic E-state index is 12.9. The van der Waals surface area contributed by atoms with E-state index >= 15 is 0 Å². The standard InChI is InChI=1S/C72H136O6/c1-4-7-10-13-16-19-21-23-25-27-29-31-33-35-36-38-39-41-43-45-47-49-51-53-56-59-62-65-71(74)77-68-69(67-76-70(73)64-61-58-55-18-15-12-9-6-3)78-72(75)66-63-60-57-54-52-50-48-46-44-42-40-37-34-32-30-28-26-24-22-20-17-14-11-8-5-2/h27-30,69H,4-26,31-68H2,1-3H3/b29-27-,30-28-. The van der Waals surface area contributed by atoms with E-state index < -0.39 is 6.10 Å². The predicted octanol–water partition coefficient (Wildman–Crippen LogP) is 24.2. The van der Waals surface area contributed by atoms with Crippen molar-refractivity contribution in [3.8, 4) is 0 Å². The van der Waals surface area contributed by atoms with Gasteiger partial charge in [-0.05, 0) is 70.6 Å². The van der Waals surface area contributed by atoms with Crippen molar-refractivity contribution in [3.05, 3.63) is 24.3 Å². The van der Waals surface area contributed by atoms with Crippen LogP contribution in [0.25, 0.3) is 0 Å². The van der Waals surface area contributed by atoms with Crippen LogP contribution in [0.3, 0.4) is 0 Å². The van der Waals surface area contributed by atoms with Gasteiger partial charge in [-0.25, -0.2) is 0 Å². The minimum absolute atomic E-state index is 0.0655. The number of rotatable bonds is 66. The summed E-state index contributed by atoms with van der Waals surface area (Å²) in [6.07, 6.45) is 82.3. The van der Waals surface area contributed by atoms with Gasteiger partial charge >= 0.3 is 17.9 Å². The van der Waals surface area contributed by atoms with E-state index in [4.69, 9.17) is 14.2 Å². The molecule has 0 amide bonds. The quantitative estimate of drug-likeness (QED) is 0.0261. The van der Waals surface area contributed by atoms with E-state index in [0.717, 1.165) is 57.8 Å². The molecule has 0 aliphatic heterocycles. The van der Waals surface area contributed by atoms with E-state index in [1.807, 2.05) is 0 Å². The summed E-state index contributed by atoms with van der Waals surface area (Å²) in [5.74, 6) is -0.842. The third-order valence-corrected chi connectivity index (χ3v) is 16.2. The maximum Gasteiger partial charge on any atom is 0.306 e. The molecule has 0 bridgehead atoms. The molecule has 0 aliphatic rings. The summed E-state index contributed by atoms with van der Waals surface area (Å²) >= 11 is 0. The van der Waals surface area contributed by atoms with Gasteiger partial charge in [-0.15, -0.1) is 0 Å². The van der Waals surface area contributed by atoms with Crippen LogP contribution in [0, 0.1) is 0 Å². The molecule has 0 saturated heterocycles. The molecule has 0 aromatic rings. The molecular formula is C72H136O6. The lowest BCUT2D eigenvalue weighted by molar-refractivity contribution is -0.167. The largest absolute Gasteiger partial charge is 0.462 e. The smallest absolute Gasteiger partial charge is 0.306 e. The summed E-state index contributed by atoms with van der Waals surface area (Å²) in [6, 6.07) is 0. The maximum absolute atomic E-state index is 12.9. The fourth-order valence-corrected chi connectivity index (χ4v) is 10.8. The van der Waals surface area contributed by atoms with E-state index in [9.17, 15) is 14.4 Å². The molecule has 0 aliphatic carbocycles. The zero-order valence-electron chi connectivity index (χ0n) is 53.0. The van der Waals surface area contributed by atoms with Gasteiger partial charge in [0.1, 0.15) is 13.2 Å². The first-order valence-electron chi connectivity index (χ1n) is 35.3. The number of carbonyl (C=O) groups excluding carboxylic acids is 3. The summed E-state index contributed by atoms with van der Waals surface area (Å²) < 4.78 is 16.9. The lowest BCUT2D eigenvalue weighted by atomic mass is 10.0. The van der Waals surface area contributed by atoms with Crippen molar-refractivity contribution in [1.29, 1.82) is 0 Å². The Morgan fingerprint density at radius 2 is 0.423 bits per heavy atom. The van der Waals surface area contributed by atoms with Gasteiger partial charge in [0.05, 0.1) is 0 Å². The molecule has 0 heterocycles. The highest BCUT2D eigenvalue weighted by Gasteiger charge is 2.19. The molecule has 78 heavy (non-hydrogen) atoms. The second-order valence-electron chi connectivity index (χ2n) is 24.1. The Hall–Kier alpha value is -2.11. The fourth-order valence-electron chi connectivity index (χ4n) is 10.8. The van der Waals surface area contributed by atoms with Gasteiger partial charge in [0.15, 0.2) is 6.10 Å². The molecule has 6 nitrogen and oxygen atoms in total. The van der Waals surface area contributed by atoms with Gasteiger partial charge in [-0.1, -0.05) is 334 Å². The van der Waals surface area contributed by atoms with Gasteiger partial charge in [0.2, 0.25) is 0 Å². The number of ether oxygens (including phenoxy) is 3. The van der Waals surface area contributed by atoms with Gasteiger partial charge < -0.3 is 14.2 Å². The highest BCUT2D eigenvalue weighted by molar-refractivity contribution is 5.71. The minimum Gasteiger partial charge on any atom is -0.462 e. The number of carbonyl (C=O) groups is 3. The summed E-state index contributed by atoms with van der Waals surface area (Å²) in [5.41, 5.74) is 0. The van der Waals surface area contributed by atoms with E-state index in [-0.39, 0.29) is 31.1 Å². The number of unbranched alkanes of at least 4 members (excludes halogenated alkanes) is 51. The molecule has 0 fully saturated rings. The summed E-state index contributed by atoms with van der Waals surface area (Å²) in [7, 11) is 0. The number of hydrogen-bond acceptors (Lipinski definition) is 6. The molecule has 460 valence electrons. The zero-order valence-corrected chi connectivity index (χ0v) is 53.0. The van der Waals surface area contributed by atoms with Crippen LogP contribution in [0.1, 0.15) is 400 Å². The zero-order chi connectivity index (χ0) is 56.4. The van der Waals surface area contributed by atoms with Gasteiger partial charge in [0.25, 0.3) is 0 Å².